The molecule has 0 heterocycles. The molecule has 0 bridgehead atoms. The Kier molecular flexibility index (Phi) is 4.77. The highest BCUT2D eigenvalue weighted by Gasteiger charge is 2.22. The molecule has 1 atom stereocenters. The van der Waals surface area contributed by atoms with Crippen LogP contribution in [0.15, 0.2) is 0 Å². The molecule has 100 valence electrons. The number of halogens is 1. The molecule has 0 spiro atoms. The Balaban J connectivity index is 3.47. The van der Waals surface area contributed by atoms with E-state index in [2.05, 4.69) is 0 Å². The largest absolute Gasteiger partial charge is 0.496 e. The first-order valence-electron chi connectivity index (χ1n) is 5.93. The van der Waals surface area contributed by atoms with E-state index < -0.39 is 0 Å². The summed E-state index contributed by atoms with van der Waals surface area (Å²) < 4.78 is 5.38. The number of benzene rings is 1. The quantitative estimate of drug-likeness (QED) is 0.854. The lowest BCUT2D eigenvalue weighted by Crippen LogP contribution is -2.21. The van der Waals surface area contributed by atoms with Crippen molar-refractivity contribution in [3.8, 4) is 5.75 Å². The van der Waals surface area contributed by atoms with Gasteiger partial charge in [0.2, 0.25) is 0 Å². The van der Waals surface area contributed by atoms with Gasteiger partial charge in [0, 0.05) is 17.5 Å². The van der Waals surface area contributed by atoms with Crippen molar-refractivity contribution in [3.05, 3.63) is 27.3 Å². The number of nitrogens with two attached hydrogens (primary N) is 1. The summed E-state index contributed by atoms with van der Waals surface area (Å²) in [5.41, 5.74) is 8.86. The normalized spacial score (nSPS) is 12.4. The zero-order valence-electron chi connectivity index (χ0n) is 11.6. The molecule has 1 aromatic rings. The van der Waals surface area contributed by atoms with Crippen LogP contribution in [-0.2, 0) is 0 Å². The minimum atomic E-state index is -0.179. The third-order valence-electron chi connectivity index (χ3n) is 3.15. The molecule has 1 aromatic carbocycles. The molecule has 0 aliphatic heterocycles. The van der Waals surface area contributed by atoms with Crippen molar-refractivity contribution in [2.75, 3.05) is 7.11 Å². The number of ether oxygens (including phenoxy) is 1. The maximum Gasteiger partial charge on any atom is 0.168 e. The van der Waals surface area contributed by atoms with E-state index in [1.807, 2.05) is 27.7 Å². The Morgan fingerprint density at radius 1 is 1.28 bits per heavy atom. The van der Waals surface area contributed by atoms with Crippen molar-refractivity contribution in [2.24, 2.45) is 5.73 Å². The summed E-state index contributed by atoms with van der Waals surface area (Å²) in [6.07, 6.45) is 0.288. The van der Waals surface area contributed by atoms with Gasteiger partial charge in [-0.1, -0.05) is 11.6 Å². The molecule has 0 saturated carbocycles. The van der Waals surface area contributed by atoms with Gasteiger partial charge in [-0.3, -0.25) is 4.79 Å². The average molecular weight is 270 g/mol. The molecule has 0 fully saturated rings. The predicted molar refractivity (Wildman–Crippen MR) is 74.8 cm³/mol. The van der Waals surface area contributed by atoms with E-state index in [9.17, 15) is 4.79 Å². The monoisotopic (exact) mass is 269 g/mol. The number of methoxy groups -OCH3 is 1. The maximum atomic E-state index is 12.3. The Hall–Kier alpha value is -1.06. The Bertz CT molecular complexity index is 481. The van der Waals surface area contributed by atoms with Crippen LogP contribution in [0.3, 0.4) is 0 Å². The van der Waals surface area contributed by atoms with Crippen LogP contribution in [0, 0.1) is 20.8 Å². The summed E-state index contributed by atoms with van der Waals surface area (Å²) in [7, 11) is 1.57. The lowest BCUT2D eigenvalue weighted by Gasteiger charge is -2.18. The maximum absolute atomic E-state index is 12.3. The lowest BCUT2D eigenvalue weighted by molar-refractivity contribution is 0.0973. The van der Waals surface area contributed by atoms with Gasteiger partial charge in [0.15, 0.2) is 5.78 Å². The van der Waals surface area contributed by atoms with E-state index >= 15 is 0 Å². The molecule has 0 aliphatic rings. The highest BCUT2D eigenvalue weighted by atomic mass is 35.5. The van der Waals surface area contributed by atoms with Crippen molar-refractivity contribution in [2.45, 2.75) is 40.2 Å². The van der Waals surface area contributed by atoms with E-state index in [-0.39, 0.29) is 18.2 Å². The number of rotatable bonds is 4. The van der Waals surface area contributed by atoms with Gasteiger partial charge < -0.3 is 10.5 Å². The topological polar surface area (TPSA) is 52.3 Å². The number of hydrogen-bond acceptors (Lipinski definition) is 3. The van der Waals surface area contributed by atoms with Gasteiger partial charge in [-0.15, -0.1) is 0 Å². The molecule has 0 aromatic heterocycles. The van der Waals surface area contributed by atoms with Gasteiger partial charge >= 0.3 is 0 Å². The summed E-state index contributed by atoms with van der Waals surface area (Å²) in [6.45, 7) is 7.48. The van der Waals surface area contributed by atoms with Crippen LogP contribution >= 0.6 is 11.6 Å². The molecular weight excluding hydrogens is 250 g/mol. The number of ketones is 1. The first kappa shape index (κ1) is 15.0. The van der Waals surface area contributed by atoms with E-state index in [0.29, 0.717) is 16.3 Å². The van der Waals surface area contributed by atoms with Gasteiger partial charge in [0.05, 0.1) is 12.7 Å². The van der Waals surface area contributed by atoms with Crippen LogP contribution in [0.4, 0.5) is 0 Å². The van der Waals surface area contributed by atoms with Gasteiger partial charge in [-0.2, -0.15) is 0 Å². The molecule has 0 aliphatic carbocycles. The van der Waals surface area contributed by atoms with E-state index in [1.54, 1.807) is 7.11 Å². The average Bonchev–Trinajstić information content (AvgIpc) is 2.29. The summed E-state index contributed by atoms with van der Waals surface area (Å²) in [5, 5.41) is 0.626. The van der Waals surface area contributed by atoms with Crippen LogP contribution in [0.5, 0.6) is 5.75 Å². The standard InChI is InChI=1S/C14H20ClNO2/c1-7(16)6-11(17)12-10(4)13(15)8(2)9(3)14(12)18-5/h7H,6,16H2,1-5H3. The van der Waals surface area contributed by atoms with Crippen LogP contribution < -0.4 is 10.5 Å². The van der Waals surface area contributed by atoms with Crippen molar-refractivity contribution >= 4 is 17.4 Å². The second-order valence-electron chi connectivity index (χ2n) is 4.70. The highest BCUT2D eigenvalue weighted by Crippen LogP contribution is 2.36. The van der Waals surface area contributed by atoms with Crippen molar-refractivity contribution in [3.63, 3.8) is 0 Å². The Labute approximate surface area is 113 Å². The number of carbonyl (C=O) groups excluding carboxylic acids is 1. The molecule has 18 heavy (non-hydrogen) atoms. The molecule has 1 rings (SSSR count). The smallest absolute Gasteiger partial charge is 0.168 e. The van der Waals surface area contributed by atoms with Crippen molar-refractivity contribution in [1.29, 1.82) is 0 Å². The fourth-order valence-electron chi connectivity index (χ4n) is 2.07. The molecule has 1 unspecified atom stereocenters. The van der Waals surface area contributed by atoms with Gasteiger partial charge in [-0.25, -0.2) is 0 Å². The number of carbonyl (C=O) groups is 1. The summed E-state index contributed by atoms with van der Waals surface area (Å²) in [4.78, 5) is 12.3. The lowest BCUT2D eigenvalue weighted by atomic mass is 9.94. The summed E-state index contributed by atoms with van der Waals surface area (Å²) >= 11 is 6.26. The first-order valence-corrected chi connectivity index (χ1v) is 6.31. The SMILES string of the molecule is COc1c(C)c(C)c(Cl)c(C)c1C(=O)CC(C)N. The second kappa shape index (κ2) is 5.72. The van der Waals surface area contributed by atoms with Crippen LogP contribution in [-0.4, -0.2) is 18.9 Å². The minimum absolute atomic E-state index is 0.0237. The van der Waals surface area contributed by atoms with E-state index in [0.717, 1.165) is 16.7 Å². The zero-order valence-corrected chi connectivity index (χ0v) is 12.3. The third-order valence-corrected chi connectivity index (χ3v) is 3.72. The van der Waals surface area contributed by atoms with Crippen LogP contribution in [0.2, 0.25) is 5.02 Å². The number of Topliss-reactive ketones (excluding diaryl/α,β-unsaturated/α-hetero) is 1. The minimum Gasteiger partial charge on any atom is -0.496 e. The fraction of sp³-hybridized carbons (Fsp3) is 0.500. The van der Waals surface area contributed by atoms with Crippen molar-refractivity contribution < 1.29 is 9.53 Å². The molecular formula is C14H20ClNO2. The molecule has 2 N–H and O–H groups in total. The first-order chi connectivity index (χ1) is 8.31. The predicted octanol–water partition coefficient (Wildman–Crippen LogP) is 3.19. The zero-order chi connectivity index (χ0) is 14.0. The second-order valence-corrected chi connectivity index (χ2v) is 5.08. The number of hydrogen-bond donors (Lipinski definition) is 1. The molecule has 3 nitrogen and oxygen atoms in total. The Morgan fingerprint density at radius 3 is 2.28 bits per heavy atom. The third kappa shape index (κ3) is 2.68. The van der Waals surface area contributed by atoms with Crippen molar-refractivity contribution in [1.82, 2.24) is 0 Å². The van der Waals surface area contributed by atoms with Gasteiger partial charge in [0.25, 0.3) is 0 Å². The summed E-state index contributed by atoms with van der Waals surface area (Å²) in [6, 6.07) is -0.179. The highest BCUT2D eigenvalue weighted by molar-refractivity contribution is 6.33. The van der Waals surface area contributed by atoms with Gasteiger partial charge in [0.1, 0.15) is 5.75 Å². The molecule has 4 heteroatoms. The van der Waals surface area contributed by atoms with Crippen LogP contribution in [0.25, 0.3) is 0 Å². The van der Waals surface area contributed by atoms with Gasteiger partial charge in [-0.05, 0) is 44.4 Å². The molecule has 0 radical (unpaired) electrons. The van der Waals surface area contributed by atoms with Crippen LogP contribution in [0.1, 0.15) is 40.4 Å². The van der Waals surface area contributed by atoms with E-state index in [1.165, 1.54) is 0 Å². The molecule has 0 amide bonds. The summed E-state index contributed by atoms with van der Waals surface area (Å²) in [5.74, 6) is 0.587. The fourth-order valence-corrected chi connectivity index (χ4v) is 2.31. The van der Waals surface area contributed by atoms with E-state index in [4.69, 9.17) is 22.1 Å². The Morgan fingerprint density at radius 2 is 1.83 bits per heavy atom. The molecule has 0 saturated heterocycles.